The van der Waals surface area contributed by atoms with Gasteiger partial charge in [0.2, 0.25) is 0 Å². The predicted molar refractivity (Wildman–Crippen MR) is 55.9 cm³/mol. The van der Waals surface area contributed by atoms with Gasteiger partial charge in [0.05, 0.1) is 11.9 Å². The fourth-order valence-electron chi connectivity index (χ4n) is 0.918. The Labute approximate surface area is 80.2 Å². The van der Waals surface area contributed by atoms with E-state index < -0.39 is 0 Å². The summed E-state index contributed by atoms with van der Waals surface area (Å²) in [6.07, 6.45) is 6.14. The summed E-state index contributed by atoms with van der Waals surface area (Å²) >= 11 is 0. The van der Waals surface area contributed by atoms with Gasteiger partial charge in [-0.2, -0.15) is 0 Å². The number of hydrogen-bond donors (Lipinski definition) is 0. The van der Waals surface area contributed by atoms with Gasteiger partial charge in [-0.15, -0.1) is 0 Å². The van der Waals surface area contributed by atoms with Gasteiger partial charge in [0.25, 0.3) is 0 Å². The van der Waals surface area contributed by atoms with E-state index in [2.05, 4.69) is 11.9 Å². The summed E-state index contributed by atoms with van der Waals surface area (Å²) in [5, 5.41) is 0. The van der Waals surface area contributed by atoms with Crippen LogP contribution in [0.1, 0.15) is 26.7 Å². The Balaban J connectivity index is 4.22. The maximum absolute atomic E-state index is 10.6. The first-order valence-corrected chi connectivity index (χ1v) is 4.64. The van der Waals surface area contributed by atoms with Gasteiger partial charge in [0.1, 0.15) is 0 Å². The number of rotatable bonds is 6. The molecule has 0 aliphatic carbocycles. The molecule has 0 saturated heterocycles. The van der Waals surface area contributed by atoms with Crippen molar-refractivity contribution >= 4 is 12.5 Å². The summed E-state index contributed by atoms with van der Waals surface area (Å²) in [4.78, 5) is 16.5. The van der Waals surface area contributed by atoms with Gasteiger partial charge >= 0.3 is 0 Å². The number of aldehydes is 1. The first-order valence-electron chi connectivity index (χ1n) is 4.64. The summed E-state index contributed by atoms with van der Waals surface area (Å²) < 4.78 is 0. The van der Waals surface area contributed by atoms with Crippen LogP contribution in [0.5, 0.6) is 0 Å². The number of hydrogen-bond acceptors (Lipinski definition) is 3. The van der Waals surface area contributed by atoms with Crippen molar-refractivity contribution in [1.82, 2.24) is 4.90 Å². The Hall–Kier alpha value is -1.12. The fraction of sp³-hybridized carbons (Fsp3) is 0.600. The summed E-state index contributed by atoms with van der Waals surface area (Å²) in [5.74, 6) is 0. The van der Waals surface area contributed by atoms with Crippen molar-refractivity contribution < 1.29 is 4.79 Å². The van der Waals surface area contributed by atoms with Gasteiger partial charge in [-0.3, -0.25) is 9.79 Å². The first kappa shape index (κ1) is 11.9. The maximum atomic E-state index is 10.6. The zero-order chi connectivity index (χ0) is 10.1. The van der Waals surface area contributed by atoms with Gasteiger partial charge < -0.3 is 4.90 Å². The Morgan fingerprint density at radius 2 is 2.15 bits per heavy atom. The molecule has 0 radical (unpaired) electrons. The molecule has 0 bridgehead atoms. The lowest BCUT2D eigenvalue weighted by Crippen LogP contribution is -2.19. The molecular weight excluding hydrogens is 164 g/mol. The van der Waals surface area contributed by atoms with Crippen LogP contribution in [-0.4, -0.2) is 31.0 Å². The van der Waals surface area contributed by atoms with Crippen LogP contribution in [-0.2, 0) is 4.79 Å². The standard InChI is InChI=1S/C10H18N2O/c1-4-6-11-8-10(9-13)12(3)7-5-2/h6,8-9H,4-5,7H2,1-3H3/b10-8-,11-6?. The molecular formula is C10H18N2O. The van der Waals surface area contributed by atoms with Crippen LogP contribution in [0.4, 0.5) is 0 Å². The molecule has 0 rings (SSSR count). The first-order chi connectivity index (χ1) is 6.26. The molecule has 0 fully saturated rings. The highest BCUT2D eigenvalue weighted by atomic mass is 16.1. The smallest absolute Gasteiger partial charge is 0.167 e. The molecule has 0 amide bonds. The Morgan fingerprint density at radius 1 is 1.46 bits per heavy atom. The lowest BCUT2D eigenvalue weighted by Gasteiger charge is -2.16. The molecule has 0 saturated carbocycles. The van der Waals surface area contributed by atoms with Gasteiger partial charge in [0.15, 0.2) is 6.29 Å². The summed E-state index contributed by atoms with van der Waals surface area (Å²) in [6.45, 7) is 4.97. The Kier molecular flexibility index (Phi) is 6.88. The van der Waals surface area contributed by atoms with Gasteiger partial charge in [-0.1, -0.05) is 13.8 Å². The third-order valence-corrected chi connectivity index (χ3v) is 1.62. The van der Waals surface area contributed by atoms with Crippen LogP contribution < -0.4 is 0 Å². The number of likely N-dealkylation sites (N-methyl/N-ethyl adjacent to an activating group) is 1. The molecule has 0 N–H and O–H groups in total. The normalized spacial score (nSPS) is 12.1. The number of carbonyl (C=O) groups excluding carboxylic acids is 1. The van der Waals surface area contributed by atoms with Crippen molar-refractivity contribution in [2.24, 2.45) is 4.99 Å². The van der Waals surface area contributed by atoms with Crippen LogP contribution >= 0.6 is 0 Å². The quantitative estimate of drug-likeness (QED) is 0.357. The summed E-state index contributed by atoms with van der Waals surface area (Å²) in [5.41, 5.74) is 0.631. The Bertz CT molecular complexity index is 197. The summed E-state index contributed by atoms with van der Waals surface area (Å²) in [6, 6.07) is 0. The van der Waals surface area contributed by atoms with Crippen LogP contribution in [0.15, 0.2) is 16.9 Å². The van der Waals surface area contributed by atoms with Crippen LogP contribution in [0.2, 0.25) is 0 Å². The second-order valence-electron chi connectivity index (χ2n) is 2.83. The SMILES string of the molecule is CCC=N/C=C(/C=O)N(C)CCC. The van der Waals surface area contributed by atoms with Crippen molar-refractivity contribution in [3.63, 3.8) is 0 Å². The average Bonchev–Trinajstić information content (AvgIpc) is 2.13. The lowest BCUT2D eigenvalue weighted by atomic mass is 10.4. The minimum atomic E-state index is 0.631. The topological polar surface area (TPSA) is 32.7 Å². The molecule has 13 heavy (non-hydrogen) atoms. The molecule has 0 heterocycles. The maximum Gasteiger partial charge on any atom is 0.167 e. The van der Waals surface area contributed by atoms with E-state index in [1.54, 1.807) is 12.4 Å². The van der Waals surface area contributed by atoms with Gasteiger partial charge in [0, 0.05) is 19.8 Å². The minimum Gasteiger partial charge on any atom is -0.371 e. The molecule has 0 aromatic rings. The van der Waals surface area contributed by atoms with E-state index in [1.165, 1.54) is 0 Å². The molecule has 0 aliphatic heterocycles. The van der Waals surface area contributed by atoms with E-state index in [-0.39, 0.29) is 0 Å². The third kappa shape index (κ3) is 5.17. The van der Waals surface area contributed by atoms with E-state index in [4.69, 9.17) is 0 Å². The molecule has 74 valence electrons. The molecule has 3 heteroatoms. The number of carbonyl (C=O) groups is 1. The lowest BCUT2D eigenvalue weighted by molar-refractivity contribution is -0.106. The summed E-state index contributed by atoms with van der Waals surface area (Å²) in [7, 11) is 1.89. The second-order valence-corrected chi connectivity index (χ2v) is 2.83. The third-order valence-electron chi connectivity index (χ3n) is 1.62. The van der Waals surface area contributed by atoms with Gasteiger partial charge in [-0.25, -0.2) is 0 Å². The monoisotopic (exact) mass is 182 g/mol. The van der Waals surface area contributed by atoms with Crippen molar-refractivity contribution in [3.05, 3.63) is 11.9 Å². The number of nitrogens with zero attached hydrogens (tertiary/aromatic N) is 2. The van der Waals surface area contributed by atoms with E-state index in [0.717, 1.165) is 25.7 Å². The molecule has 0 aromatic heterocycles. The van der Waals surface area contributed by atoms with Crippen molar-refractivity contribution in [1.29, 1.82) is 0 Å². The Morgan fingerprint density at radius 3 is 2.62 bits per heavy atom. The highest BCUT2D eigenvalue weighted by Gasteiger charge is 1.99. The number of aliphatic imine (C=N–C) groups is 1. The molecule has 0 atom stereocenters. The van der Waals surface area contributed by atoms with E-state index in [1.807, 2.05) is 18.9 Å². The minimum absolute atomic E-state index is 0.631. The van der Waals surface area contributed by atoms with Gasteiger partial charge in [-0.05, 0) is 12.8 Å². The zero-order valence-corrected chi connectivity index (χ0v) is 8.66. The van der Waals surface area contributed by atoms with Crippen LogP contribution in [0, 0.1) is 0 Å². The molecule has 0 aromatic carbocycles. The second kappa shape index (κ2) is 7.53. The molecule has 0 unspecified atom stereocenters. The fourth-order valence-corrected chi connectivity index (χ4v) is 0.918. The highest BCUT2D eigenvalue weighted by molar-refractivity contribution is 5.72. The van der Waals surface area contributed by atoms with Crippen molar-refractivity contribution in [2.45, 2.75) is 26.7 Å². The number of allylic oxidation sites excluding steroid dienone is 1. The molecule has 0 aliphatic rings. The molecule has 3 nitrogen and oxygen atoms in total. The van der Waals surface area contributed by atoms with E-state index >= 15 is 0 Å². The van der Waals surface area contributed by atoms with E-state index in [0.29, 0.717) is 5.70 Å². The van der Waals surface area contributed by atoms with Crippen molar-refractivity contribution in [3.8, 4) is 0 Å². The molecule has 0 spiro atoms. The van der Waals surface area contributed by atoms with Crippen molar-refractivity contribution in [2.75, 3.05) is 13.6 Å². The van der Waals surface area contributed by atoms with E-state index in [9.17, 15) is 4.79 Å². The van der Waals surface area contributed by atoms with Crippen LogP contribution in [0.25, 0.3) is 0 Å². The predicted octanol–water partition coefficient (Wildman–Crippen LogP) is 1.85. The highest BCUT2D eigenvalue weighted by Crippen LogP contribution is 1.98. The largest absolute Gasteiger partial charge is 0.371 e. The van der Waals surface area contributed by atoms with Crippen LogP contribution in [0.3, 0.4) is 0 Å². The zero-order valence-electron chi connectivity index (χ0n) is 8.66. The average molecular weight is 182 g/mol.